The van der Waals surface area contributed by atoms with Crippen LogP contribution in [0.4, 0.5) is 13.2 Å². The molecule has 0 radical (unpaired) electrons. The number of aromatic nitrogens is 3. The van der Waals surface area contributed by atoms with Crippen LogP contribution in [-0.2, 0) is 6.18 Å². The van der Waals surface area contributed by atoms with Gasteiger partial charge in [-0.3, -0.25) is 4.98 Å². The molecule has 88 valence electrons. The summed E-state index contributed by atoms with van der Waals surface area (Å²) in [5.41, 5.74) is -0.895. The highest BCUT2D eigenvalue weighted by Crippen LogP contribution is 2.37. The van der Waals surface area contributed by atoms with Crippen molar-refractivity contribution in [2.75, 3.05) is 0 Å². The Morgan fingerprint density at radius 3 is 2.47 bits per heavy atom. The summed E-state index contributed by atoms with van der Waals surface area (Å²) in [5, 5.41) is 0. The van der Waals surface area contributed by atoms with Crippen molar-refractivity contribution in [3.63, 3.8) is 0 Å². The van der Waals surface area contributed by atoms with E-state index >= 15 is 0 Å². The minimum Gasteiger partial charge on any atom is -0.251 e. The molecule has 0 spiro atoms. The maximum absolute atomic E-state index is 12.6. The Labute approximate surface area is 99.1 Å². The SMILES string of the molecule is FC(F)(F)c1ncccc1Sc1cncnc1. The fourth-order valence-electron chi connectivity index (χ4n) is 1.15. The van der Waals surface area contributed by atoms with Crippen molar-refractivity contribution < 1.29 is 13.2 Å². The summed E-state index contributed by atoms with van der Waals surface area (Å²) < 4.78 is 37.9. The molecule has 0 bridgehead atoms. The van der Waals surface area contributed by atoms with E-state index in [0.29, 0.717) is 4.90 Å². The van der Waals surface area contributed by atoms with Gasteiger partial charge in [0.25, 0.3) is 0 Å². The number of pyridine rings is 1. The minimum atomic E-state index is -4.46. The van der Waals surface area contributed by atoms with Gasteiger partial charge in [-0.15, -0.1) is 0 Å². The Morgan fingerprint density at radius 2 is 1.82 bits per heavy atom. The van der Waals surface area contributed by atoms with Crippen molar-refractivity contribution >= 4 is 11.8 Å². The molecule has 2 aromatic heterocycles. The predicted molar refractivity (Wildman–Crippen MR) is 55.4 cm³/mol. The first-order valence-electron chi connectivity index (χ1n) is 4.52. The van der Waals surface area contributed by atoms with Gasteiger partial charge in [-0.05, 0) is 12.1 Å². The smallest absolute Gasteiger partial charge is 0.251 e. The molecular weight excluding hydrogens is 251 g/mol. The number of hydrogen-bond donors (Lipinski definition) is 0. The van der Waals surface area contributed by atoms with Crippen LogP contribution in [0.1, 0.15) is 5.69 Å². The summed E-state index contributed by atoms with van der Waals surface area (Å²) in [4.78, 5) is 11.4. The van der Waals surface area contributed by atoms with E-state index in [4.69, 9.17) is 0 Å². The van der Waals surface area contributed by atoms with Crippen LogP contribution in [0.15, 0.2) is 46.8 Å². The zero-order valence-electron chi connectivity index (χ0n) is 8.35. The van der Waals surface area contributed by atoms with Crippen LogP contribution in [0.2, 0.25) is 0 Å². The molecule has 2 heterocycles. The highest BCUT2D eigenvalue weighted by molar-refractivity contribution is 7.99. The van der Waals surface area contributed by atoms with E-state index in [-0.39, 0.29) is 4.90 Å². The van der Waals surface area contributed by atoms with E-state index in [1.807, 2.05) is 0 Å². The van der Waals surface area contributed by atoms with Crippen molar-refractivity contribution in [1.82, 2.24) is 15.0 Å². The van der Waals surface area contributed by atoms with E-state index in [1.54, 1.807) is 0 Å². The molecule has 0 aromatic carbocycles. The van der Waals surface area contributed by atoms with Crippen LogP contribution in [0.3, 0.4) is 0 Å². The zero-order chi connectivity index (χ0) is 12.3. The van der Waals surface area contributed by atoms with Crippen molar-refractivity contribution in [3.8, 4) is 0 Å². The lowest BCUT2D eigenvalue weighted by molar-refractivity contribution is -0.143. The van der Waals surface area contributed by atoms with Gasteiger partial charge < -0.3 is 0 Å². The molecule has 0 aliphatic heterocycles. The Balaban J connectivity index is 2.34. The fourth-order valence-corrected chi connectivity index (χ4v) is 2.04. The van der Waals surface area contributed by atoms with Gasteiger partial charge in [0.05, 0.1) is 0 Å². The molecule has 0 amide bonds. The van der Waals surface area contributed by atoms with E-state index in [2.05, 4.69) is 15.0 Å². The molecule has 0 unspecified atom stereocenters. The normalized spacial score (nSPS) is 11.5. The number of alkyl halides is 3. The van der Waals surface area contributed by atoms with Gasteiger partial charge in [-0.1, -0.05) is 11.8 Å². The monoisotopic (exact) mass is 257 g/mol. The predicted octanol–water partition coefficient (Wildman–Crippen LogP) is 3.04. The second-order valence-electron chi connectivity index (χ2n) is 3.02. The van der Waals surface area contributed by atoms with E-state index in [9.17, 15) is 13.2 Å². The first-order chi connectivity index (χ1) is 8.07. The number of rotatable bonds is 2. The Hall–Kier alpha value is -1.63. The van der Waals surface area contributed by atoms with Gasteiger partial charge in [-0.2, -0.15) is 13.2 Å². The molecule has 3 nitrogen and oxygen atoms in total. The first kappa shape index (κ1) is 11.8. The molecule has 0 aliphatic carbocycles. The Kier molecular flexibility index (Phi) is 3.28. The summed E-state index contributed by atoms with van der Waals surface area (Å²) in [7, 11) is 0. The van der Waals surface area contributed by atoms with Crippen LogP contribution in [0, 0.1) is 0 Å². The van der Waals surface area contributed by atoms with Crippen molar-refractivity contribution in [1.29, 1.82) is 0 Å². The Bertz CT molecular complexity index is 502. The lowest BCUT2D eigenvalue weighted by atomic mass is 10.3. The maximum atomic E-state index is 12.6. The molecule has 17 heavy (non-hydrogen) atoms. The second-order valence-corrected chi connectivity index (χ2v) is 4.14. The highest BCUT2D eigenvalue weighted by Gasteiger charge is 2.35. The summed E-state index contributed by atoms with van der Waals surface area (Å²) in [6.45, 7) is 0. The average molecular weight is 257 g/mol. The van der Waals surface area contributed by atoms with Crippen LogP contribution in [0.25, 0.3) is 0 Å². The second kappa shape index (κ2) is 4.70. The van der Waals surface area contributed by atoms with Crippen LogP contribution < -0.4 is 0 Å². The molecule has 2 rings (SSSR count). The van der Waals surface area contributed by atoms with E-state index in [0.717, 1.165) is 18.0 Å². The van der Waals surface area contributed by atoms with Crippen LogP contribution in [0.5, 0.6) is 0 Å². The number of nitrogens with zero attached hydrogens (tertiary/aromatic N) is 3. The topological polar surface area (TPSA) is 38.7 Å². The van der Waals surface area contributed by atoms with Crippen LogP contribution >= 0.6 is 11.8 Å². The number of hydrogen-bond acceptors (Lipinski definition) is 4. The third-order valence-electron chi connectivity index (χ3n) is 1.80. The van der Waals surface area contributed by atoms with Gasteiger partial charge in [-0.25, -0.2) is 9.97 Å². The van der Waals surface area contributed by atoms with Gasteiger partial charge in [0.2, 0.25) is 0 Å². The Morgan fingerprint density at radius 1 is 1.12 bits per heavy atom. The summed E-state index contributed by atoms with van der Waals surface area (Å²) in [6.07, 6.45) is 0.876. The highest BCUT2D eigenvalue weighted by atomic mass is 32.2. The fraction of sp³-hybridized carbons (Fsp3) is 0.100. The summed E-state index contributed by atoms with van der Waals surface area (Å²) >= 11 is 0.934. The zero-order valence-corrected chi connectivity index (χ0v) is 9.16. The van der Waals surface area contributed by atoms with Crippen molar-refractivity contribution in [3.05, 3.63) is 42.7 Å². The van der Waals surface area contributed by atoms with Crippen molar-refractivity contribution in [2.45, 2.75) is 16.0 Å². The molecule has 0 fully saturated rings. The largest absolute Gasteiger partial charge is 0.434 e. The first-order valence-corrected chi connectivity index (χ1v) is 5.34. The van der Waals surface area contributed by atoms with Gasteiger partial charge >= 0.3 is 6.18 Å². The lowest BCUT2D eigenvalue weighted by Crippen LogP contribution is -2.09. The summed E-state index contributed by atoms with van der Waals surface area (Å²) in [5.74, 6) is 0. The maximum Gasteiger partial charge on any atom is 0.434 e. The molecule has 7 heteroatoms. The van der Waals surface area contributed by atoms with E-state index < -0.39 is 11.9 Å². The van der Waals surface area contributed by atoms with E-state index in [1.165, 1.54) is 30.9 Å². The van der Waals surface area contributed by atoms with Gasteiger partial charge in [0, 0.05) is 28.4 Å². The molecular formula is C10H6F3N3S. The number of halogens is 3. The molecule has 0 N–H and O–H groups in total. The van der Waals surface area contributed by atoms with Gasteiger partial charge in [0.15, 0.2) is 5.69 Å². The standard InChI is InChI=1S/C10H6F3N3S/c11-10(12,13)9-8(2-1-3-16-9)17-7-4-14-6-15-5-7/h1-6H. The van der Waals surface area contributed by atoms with Crippen LogP contribution in [-0.4, -0.2) is 15.0 Å². The third-order valence-corrected chi connectivity index (χ3v) is 2.80. The quantitative estimate of drug-likeness (QED) is 0.828. The van der Waals surface area contributed by atoms with Crippen molar-refractivity contribution in [2.24, 2.45) is 0 Å². The molecule has 0 atom stereocenters. The average Bonchev–Trinajstić information content (AvgIpc) is 2.30. The molecule has 0 aliphatic rings. The summed E-state index contributed by atoms with van der Waals surface area (Å²) in [6, 6.07) is 2.83. The lowest BCUT2D eigenvalue weighted by Gasteiger charge is -2.10. The van der Waals surface area contributed by atoms with Gasteiger partial charge in [0.1, 0.15) is 6.33 Å². The minimum absolute atomic E-state index is 0.0369. The molecule has 0 saturated heterocycles. The molecule has 2 aromatic rings. The third kappa shape index (κ3) is 2.94. The molecule has 0 saturated carbocycles.